The van der Waals surface area contributed by atoms with Gasteiger partial charge in [-0.3, -0.25) is 14.9 Å². The maximum Gasteiger partial charge on any atom is 0.346 e. The molecule has 1 atom stereocenters. The molecule has 0 saturated heterocycles. The Labute approximate surface area is 182 Å². The summed E-state index contributed by atoms with van der Waals surface area (Å²) in [6, 6.07) is 6.66. The van der Waals surface area contributed by atoms with Crippen molar-refractivity contribution in [2.75, 3.05) is 19.0 Å². The number of ether oxygens (including phenoxy) is 3. The molecule has 2 rings (SSSR count). The quantitative estimate of drug-likeness (QED) is 0.353. The number of carbonyl (C=O) groups excluding carboxylic acids is 2. The van der Waals surface area contributed by atoms with Crippen LogP contribution in [0.2, 0.25) is 10.0 Å². The number of hydrogen-bond donors (Lipinski definition) is 1. The first kappa shape index (κ1) is 23.2. The van der Waals surface area contributed by atoms with Gasteiger partial charge in [-0.05, 0) is 32.0 Å². The van der Waals surface area contributed by atoms with E-state index in [2.05, 4.69) is 5.32 Å². The number of methoxy groups -OCH3 is 1. The number of amides is 1. The fraction of sp³-hybridized carbons (Fsp3) is 0.263. The molecule has 2 aromatic rings. The van der Waals surface area contributed by atoms with Gasteiger partial charge in [-0.2, -0.15) is 0 Å². The smallest absolute Gasteiger partial charge is 0.346 e. The Balaban J connectivity index is 2.25. The molecular formula is C19H18Cl2N2O7. The molecule has 0 spiro atoms. The fourth-order valence-corrected chi connectivity index (χ4v) is 2.73. The maximum atomic E-state index is 12.6. The minimum atomic E-state index is -1.29. The third-order valence-corrected chi connectivity index (χ3v) is 4.40. The lowest BCUT2D eigenvalue weighted by molar-refractivity contribution is -0.385. The van der Waals surface area contributed by atoms with Gasteiger partial charge in [0.1, 0.15) is 5.56 Å². The maximum absolute atomic E-state index is 12.6. The lowest BCUT2D eigenvalue weighted by Crippen LogP contribution is -2.30. The summed E-state index contributed by atoms with van der Waals surface area (Å²) in [6.07, 6.45) is -1.29. The zero-order valence-electron chi connectivity index (χ0n) is 16.2. The van der Waals surface area contributed by atoms with Gasteiger partial charge in [0.25, 0.3) is 11.6 Å². The lowest BCUT2D eigenvalue weighted by Gasteiger charge is -2.15. The van der Waals surface area contributed by atoms with E-state index in [0.29, 0.717) is 5.02 Å². The largest absolute Gasteiger partial charge is 0.493 e. The monoisotopic (exact) mass is 456 g/mol. The minimum absolute atomic E-state index is 0.0847. The van der Waals surface area contributed by atoms with Gasteiger partial charge < -0.3 is 19.5 Å². The normalized spacial score (nSPS) is 11.4. The number of carbonyl (C=O) groups is 2. The van der Waals surface area contributed by atoms with Crippen molar-refractivity contribution in [3.8, 4) is 11.5 Å². The standard InChI is InChI=1S/C19H18Cl2N2O7/c1-4-29-17-8-12(15(23(26)27)9-16(17)28-3)19(25)30-10(2)18(24)22-14-7-11(20)5-6-13(14)21/h5-10H,4H2,1-3H3,(H,22,24). The van der Waals surface area contributed by atoms with Crippen LogP contribution in [0.1, 0.15) is 24.2 Å². The van der Waals surface area contributed by atoms with Crippen molar-refractivity contribution in [1.82, 2.24) is 0 Å². The predicted octanol–water partition coefficient (Wildman–Crippen LogP) is 4.49. The molecule has 30 heavy (non-hydrogen) atoms. The van der Waals surface area contributed by atoms with E-state index in [1.54, 1.807) is 13.0 Å². The Morgan fingerprint density at radius 1 is 1.20 bits per heavy atom. The average Bonchev–Trinajstić information content (AvgIpc) is 2.70. The van der Waals surface area contributed by atoms with Gasteiger partial charge in [-0.15, -0.1) is 0 Å². The van der Waals surface area contributed by atoms with Crippen LogP contribution in [-0.4, -0.2) is 36.6 Å². The number of anilines is 1. The molecule has 1 N–H and O–H groups in total. The Kier molecular flexibility index (Phi) is 7.85. The van der Waals surface area contributed by atoms with Gasteiger partial charge in [0, 0.05) is 11.1 Å². The molecular weight excluding hydrogens is 439 g/mol. The van der Waals surface area contributed by atoms with E-state index < -0.39 is 28.6 Å². The molecule has 0 aliphatic rings. The average molecular weight is 457 g/mol. The Morgan fingerprint density at radius 3 is 2.50 bits per heavy atom. The van der Waals surface area contributed by atoms with Crippen LogP contribution in [0, 0.1) is 10.1 Å². The zero-order chi connectivity index (χ0) is 22.4. The predicted molar refractivity (Wildman–Crippen MR) is 111 cm³/mol. The van der Waals surface area contributed by atoms with E-state index in [9.17, 15) is 19.7 Å². The number of nitro groups is 1. The molecule has 9 nitrogen and oxygen atoms in total. The minimum Gasteiger partial charge on any atom is -0.493 e. The van der Waals surface area contributed by atoms with Crippen molar-refractivity contribution in [2.24, 2.45) is 0 Å². The van der Waals surface area contributed by atoms with Crippen LogP contribution in [0.5, 0.6) is 11.5 Å². The Bertz CT molecular complexity index is 982. The van der Waals surface area contributed by atoms with Crippen molar-refractivity contribution in [1.29, 1.82) is 0 Å². The third-order valence-electron chi connectivity index (χ3n) is 3.84. The molecule has 1 unspecified atom stereocenters. The van der Waals surface area contributed by atoms with E-state index in [0.717, 1.165) is 12.1 Å². The summed E-state index contributed by atoms with van der Waals surface area (Å²) in [7, 11) is 1.31. The van der Waals surface area contributed by atoms with Crippen LogP contribution in [0.4, 0.5) is 11.4 Å². The number of nitrogens with one attached hydrogen (secondary N) is 1. The molecule has 0 radical (unpaired) electrons. The van der Waals surface area contributed by atoms with Crippen LogP contribution in [0.25, 0.3) is 0 Å². The first-order valence-electron chi connectivity index (χ1n) is 8.64. The highest BCUT2D eigenvalue weighted by atomic mass is 35.5. The van der Waals surface area contributed by atoms with E-state index in [-0.39, 0.29) is 34.4 Å². The van der Waals surface area contributed by atoms with Crippen LogP contribution < -0.4 is 14.8 Å². The van der Waals surface area contributed by atoms with Crippen LogP contribution in [0.3, 0.4) is 0 Å². The number of halogens is 2. The summed E-state index contributed by atoms with van der Waals surface area (Å²) in [5.41, 5.74) is -0.707. The van der Waals surface area contributed by atoms with Crippen molar-refractivity contribution in [3.05, 3.63) is 56.1 Å². The molecule has 1 amide bonds. The second kappa shape index (κ2) is 10.1. The second-order valence-electron chi connectivity index (χ2n) is 5.87. The Hall–Kier alpha value is -3.04. The van der Waals surface area contributed by atoms with Gasteiger partial charge >= 0.3 is 5.97 Å². The first-order valence-corrected chi connectivity index (χ1v) is 9.39. The molecule has 160 valence electrons. The zero-order valence-corrected chi connectivity index (χ0v) is 17.7. The number of nitro benzene ring substituents is 1. The van der Waals surface area contributed by atoms with E-state index in [1.807, 2.05) is 0 Å². The number of esters is 1. The van der Waals surface area contributed by atoms with E-state index >= 15 is 0 Å². The molecule has 0 aromatic heterocycles. The van der Waals surface area contributed by atoms with Crippen LogP contribution in [-0.2, 0) is 9.53 Å². The molecule has 0 saturated carbocycles. The molecule has 0 fully saturated rings. The highest BCUT2D eigenvalue weighted by Crippen LogP contribution is 2.35. The lowest BCUT2D eigenvalue weighted by atomic mass is 10.1. The van der Waals surface area contributed by atoms with E-state index in [1.165, 1.54) is 26.2 Å². The van der Waals surface area contributed by atoms with Crippen molar-refractivity contribution < 1.29 is 28.7 Å². The summed E-state index contributed by atoms with van der Waals surface area (Å²) in [4.78, 5) is 35.6. The van der Waals surface area contributed by atoms with Gasteiger partial charge in [0.2, 0.25) is 0 Å². The highest BCUT2D eigenvalue weighted by molar-refractivity contribution is 6.35. The number of nitrogens with zero attached hydrogens (tertiary/aromatic N) is 1. The Morgan fingerprint density at radius 2 is 1.90 bits per heavy atom. The summed E-state index contributed by atoms with van der Waals surface area (Å²) < 4.78 is 15.5. The van der Waals surface area contributed by atoms with Crippen molar-refractivity contribution in [3.63, 3.8) is 0 Å². The molecule has 0 aliphatic heterocycles. The second-order valence-corrected chi connectivity index (χ2v) is 6.71. The summed E-state index contributed by atoms with van der Waals surface area (Å²) >= 11 is 11.9. The van der Waals surface area contributed by atoms with Gasteiger partial charge in [-0.1, -0.05) is 23.2 Å². The molecule has 0 aliphatic carbocycles. The van der Waals surface area contributed by atoms with Crippen molar-refractivity contribution >= 4 is 46.5 Å². The number of hydrogen-bond acceptors (Lipinski definition) is 7. The summed E-state index contributed by atoms with van der Waals surface area (Å²) in [5, 5.41) is 14.5. The topological polar surface area (TPSA) is 117 Å². The molecule has 0 heterocycles. The number of rotatable bonds is 8. The third kappa shape index (κ3) is 5.52. The summed E-state index contributed by atoms with van der Waals surface area (Å²) in [6.45, 7) is 3.25. The van der Waals surface area contributed by atoms with Crippen LogP contribution in [0.15, 0.2) is 30.3 Å². The van der Waals surface area contributed by atoms with Crippen LogP contribution >= 0.6 is 23.2 Å². The van der Waals surface area contributed by atoms with E-state index in [4.69, 9.17) is 37.4 Å². The molecule has 0 bridgehead atoms. The van der Waals surface area contributed by atoms with Gasteiger partial charge in [0.15, 0.2) is 17.6 Å². The number of benzene rings is 2. The SMILES string of the molecule is CCOc1cc(C(=O)OC(C)C(=O)Nc2cc(Cl)ccc2Cl)c([N+](=O)[O-])cc1OC. The highest BCUT2D eigenvalue weighted by Gasteiger charge is 2.28. The first-order chi connectivity index (χ1) is 14.2. The molecule has 11 heteroatoms. The molecule has 2 aromatic carbocycles. The van der Waals surface area contributed by atoms with Gasteiger partial charge in [0.05, 0.1) is 35.4 Å². The van der Waals surface area contributed by atoms with Crippen molar-refractivity contribution in [2.45, 2.75) is 20.0 Å². The summed E-state index contributed by atoms with van der Waals surface area (Å²) in [5.74, 6) is -1.57. The van der Waals surface area contributed by atoms with Gasteiger partial charge in [-0.25, -0.2) is 4.79 Å². The fourth-order valence-electron chi connectivity index (χ4n) is 2.40.